The normalized spacial score (nSPS) is 16.3. The van der Waals surface area contributed by atoms with E-state index in [2.05, 4.69) is 5.32 Å². The summed E-state index contributed by atoms with van der Waals surface area (Å²) in [6.45, 7) is 2.46. The number of methoxy groups -OCH3 is 1. The summed E-state index contributed by atoms with van der Waals surface area (Å²) in [5.74, 6) is 0.719. The Balaban J connectivity index is 1.61. The van der Waals surface area contributed by atoms with Crippen LogP contribution in [0.15, 0.2) is 18.2 Å². The summed E-state index contributed by atoms with van der Waals surface area (Å²) in [6, 6.07) is 5.87. The molecule has 0 aliphatic heterocycles. The predicted molar refractivity (Wildman–Crippen MR) is 82.5 cm³/mol. The van der Waals surface area contributed by atoms with Crippen LogP contribution in [0.1, 0.15) is 37.7 Å². The van der Waals surface area contributed by atoms with Gasteiger partial charge in [-0.2, -0.15) is 0 Å². The molecule has 4 heteroatoms. The van der Waals surface area contributed by atoms with Crippen molar-refractivity contribution in [3.05, 3.63) is 28.8 Å². The smallest absolute Gasteiger partial charge is 0.137 e. The highest BCUT2D eigenvalue weighted by Gasteiger charge is 2.12. The second kappa shape index (κ2) is 8.50. The molecule has 0 saturated heterocycles. The van der Waals surface area contributed by atoms with Crippen LogP contribution in [-0.4, -0.2) is 26.4 Å². The Labute approximate surface area is 126 Å². The van der Waals surface area contributed by atoms with Crippen LogP contribution in [0.4, 0.5) is 0 Å². The van der Waals surface area contributed by atoms with Crippen molar-refractivity contribution in [2.75, 3.05) is 20.3 Å². The van der Waals surface area contributed by atoms with Crippen molar-refractivity contribution in [2.24, 2.45) is 0 Å². The summed E-state index contributed by atoms with van der Waals surface area (Å²) >= 11 is 6.09. The standard InChI is InChI=1S/C16H24ClNO2/c1-19-16-8-7-13(11-15(16)17)12-18-9-10-20-14-5-3-2-4-6-14/h7-8,11,14,18H,2-6,9-10,12H2,1H3. The lowest BCUT2D eigenvalue weighted by Crippen LogP contribution is -2.24. The van der Waals surface area contributed by atoms with E-state index in [4.69, 9.17) is 21.1 Å². The lowest BCUT2D eigenvalue weighted by molar-refractivity contribution is 0.0302. The molecule has 0 bridgehead atoms. The van der Waals surface area contributed by atoms with Gasteiger partial charge in [0.15, 0.2) is 0 Å². The minimum atomic E-state index is 0.487. The summed E-state index contributed by atoms with van der Waals surface area (Å²) in [5, 5.41) is 4.04. The maximum Gasteiger partial charge on any atom is 0.137 e. The molecule has 0 heterocycles. The van der Waals surface area contributed by atoms with Gasteiger partial charge in [0.25, 0.3) is 0 Å². The van der Waals surface area contributed by atoms with Crippen LogP contribution in [0, 0.1) is 0 Å². The van der Waals surface area contributed by atoms with Gasteiger partial charge in [-0.15, -0.1) is 0 Å². The van der Waals surface area contributed by atoms with Crippen LogP contribution in [-0.2, 0) is 11.3 Å². The topological polar surface area (TPSA) is 30.5 Å². The van der Waals surface area contributed by atoms with Crippen LogP contribution >= 0.6 is 11.6 Å². The van der Waals surface area contributed by atoms with Crippen molar-refractivity contribution in [1.82, 2.24) is 5.32 Å². The first-order valence-corrected chi connectivity index (χ1v) is 7.82. The van der Waals surface area contributed by atoms with Crippen molar-refractivity contribution < 1.29 is 9.47 Å². The summed E-state index contributed by atoms with van der Waals surface area (Å²) in [6.07, 6.45) is 6.96. The molecule has 0 unspecified atom stereocenters. The second-order valence-corrected chi connectivity index (χ2v) is 5.68. The zero-order valence-corrected chi connectivity index (χ0v) is 12.9. The van der Waals surface area contributed by atoms with Crippen LogP contribution in [0.3, 0.4) is 0 Å². The average molecular weight is 298 g/mol. The van der Waals surface area contributed by atoms with E-state index in [0.717, 1.165) is 31.0 Å². The van der Waals surface area contributed by atoms with E-state index in [1.165, 1.54) is 32.1 Å². The zero-order chi connectivity index (χ0) is 14.2. The van der Waals surface area contributed by atoms with Crippen molar-refractivity contribution in [3.63, 3.8) is 0 Å². The lowest BCUT2D eigenvalue weighted by atomic mass is 9.98. The Hall–Kier alpha value is -0.770. The molecule has 1 aliphatic rings. The third kappa shape index (κ3) is 4.97. The van der Waals surface area contributed by atoms with Crippen molar-refractivity contribution in [3.8, 4) is 5.75 Å². The van der Waals surface area contributed by atoms with Crippen LogP contribution in [0.2, 0.25) is 5.02 Å². The van der Waals surface area contributed by atoms with Crippen LogP contribution in [0.25, 0.3) is 0 Å². The Bertz CT molecular complexity index is 405. The molecule has 1 fully saturated rings. The van der Waals surface area contributed by atoms with Gasteiger partial charge in [-0.05, 0) is 30.5 Å². The van der Waals surface area contributed by atoms with Gasteiger partial charge in [0, 0.05) is 13.1 Å². The summed E-state index contributed by atoms with van der Waals surface area (Å²) in [7, 11) is 1.63. The maximum atomic E-state index is 6.09. The lowest BCUT2D eigenvalue weighted by Gasteiger charge is -2.22. The largest absolute Gasteiger partial charge is 0.495 e. The fraction of sp³-hybridized carbons (Fsp3) is 0.625. The quantitative estimate of drug-likeness (QED) is 0.777. The fourth-order valence-corrected chi connectivity index (χ4v) is 2.86. The van der Waals surface area contributed by atoms with Gasteiger partial charge in [0.05, 0.1) is 24.8 Å². The SMILES string of the molecule is COc1ccc(CNCCOC2CCCCC2)cc1Cl. The Morgan fingerprint density at radius 1 is 1.25 bits per heavy atom. The summed E-state index contributed by atoms with van der Waals surface area (Å²) in [5.41, 5.74) is 1.16. The Kier molecular flexibility index (Phi) is 6.64. The third-order valence-corrected chi connectivity index (χ3v) is 4.03. The van der Waals surface area contributed by atoms with Crippen molar-refractivity contribution in [2.45, 2.75) is 44.8 Å². The van der Waals surface area contributed by atoms with E-state index in [1.54, 1.807) is 7.11 Å². The van der Waals surface area contributed by atoms with Gasteiger partial charge < -0.3 is 14.8 Å². The van der Waals surface area contributed by atoms with E-state index in [1.807, 2.05) is 18.2 Å². The van der Waals surface area contributed by atoms with Gasteiger partial charge in [-0.3, -0.25) is 0 Å². The van der Waals surface area contributed by atoms with E-state index in [9.17, 15) is 0 Å². The summed E-state index contributed by atoms with van der Waals surface area (Å²) in [4.78, 5) is 0. The molecule has 0 amide bonds. The number of nitrogens with one attached hydrogen (secondary N) is 1. The zero-order valence-electron chi connectivity index (χ0n) is 12.2. The first kappa shape index (κ1) is 15.6. The van der Waals surface area contributed by atoms with E-state index >= 15 is 0 Å². The highest BCUT2D eigenvalue weighted by molar-refractivity contribution is 6.32. The predicted octanol–water partition coefficient (Wildman–Crippen LogP) is 3.79. The molecule has 0 spiro atoms. The maximum absolute atomic E-state index is 6.09. The molecule has 1 aliphatic carbocycles. The van der Waals surface area contributed by atoms with Gasteiger partial charge in [0.1, 0.15) is 5.75 Å². The third-order valence-electron chi connectivity index (χ3n) is 3.73. The highest BCUT2D eigenvalue weighted by Crippen LogP contribution is 2.24. The Morgan fingerprint density at radius 2 is 2.05 bits per heavy atom. The van der Waals surface area contributed by atoms with Crippen LogP contribution in [0.5, 0.6) is 5.75 Å². The van der Waals surface area contributed by atoms with Gasteiger partial charge in [0.2, 0.25) is 0 Å². The molecule has 0 aromatic heterocycles. The molecule has 112 valence electrons. The van der Waals surface area contributed by atoms with E-state index in [-0.39, 0.29) is 0 Å². The van der Waals surface area contributed by atoms with Crippen LogP contribution < -0.4 is 10.1 Å². The van der Waals surface area contributed by atoms with E-state index in [0.29, 0.717) is 11.1 Å². The van der Waals surface area contributed by atoms with E-state index < -0.39 is 0 Å². The second-order valence-electron chi connectivity index (χ2n) is 5.28. The number of rotatable bonds is 7. The first-order valence-electron chi connectivity index (χ1n) is 7.44. The van der Waals surface area contributed by atoms with Gasteiger partial charge in [-0.25, -0.2) is 0 Å². The van der Waals surface area contributed by atoms with Crippen molar-refractivity contribution >= 4 is 11.6 Å². The molecule has 1 saturated carbocycles. The number of ether oxygens (including phenoxy) is 2. The van der Waals surface area contributed by atoms with Gasteiger partial charge in [-0.1, -0.05) is 36.9 Å². The molecule has 20 heavy (non-hydrogen) atoms. The van der Waals surface area contributed by atoms with Crippen molar-refractivity contribution in [1.29, 1.82) is 0 Å². The molecule has 0 radical (unpaired) electrons. The minimum absolute atomic E-state index is 0.487. The fourth-order valence-electron chi connectivity index (χ4n) is 2.58. The minimum Gasteiger partial charge on any atom is -0.495 e. The number of hydrogen-bond donors (Lipinski definition) is 1. The molecular formula is C16H24ClNO2. The monoisotopic (exact) mass is 297 g/mol. The van der Waals surface area contributed by atoms with Gasteiger partial charge >= 0.3 is 0 Å². The number of benzene rings is 1. The molecule has 0 atom stereocenters. The molecule has 1 N–H and O–H groups in total. The first-order chi connectivity index (χ1) is 9.79. The molecule has 1 aromatic rings. The average Bonchev–Trinajstić information content (AvgIpc) is 2.48. The molecular weight excluding hydrogens is 274 g/mol. The molecule has 3 nitrogen and oxygen atoms in total. The highest BCUT2D eigenvalue weighted by atomic mass is 35.5. The Morgan fingerprint density at radius 3 is 2.75 bits per heavy atom. The summed E-state index contributed by atoms with van der Waals surface area (Å²) < 4.78 is 11.0. The number of hydrogen-bond acceptors (Lipinski definition) is 3. The molecule has 2 rings (SSSR count). The molecule has 1 aromatic carbocycles. The number of halogens is 1.